The van der Waals surface area contributed by atoms with Gasteiger partial charge in [-0.3, -0.25) is 9.59 Å². The zero-order chi connectivity index (χ0) is 14.3. The molecule has 0 saturated heterocycles. The third-order valence-electron chi connectivity index (χ3n) is 2.52. The van der Waals surface area contributed by atoms with Gasteiger partial charge in [0.05, 0.1) is 6.21 Å². The second-order valence-electron chi connectivity index (χ2n) is 3.70. The van der Waals surface area contributed by atoms with E-state index in [2.05, 4.69) is 10.5 Å². The Morgan fingerprint density at radius 2 is 1.95 bits per heavy atom. The smallest absolute Gasteiger partial charge is 0.329 e. The van der Waals surface area contributed by atoms with E-state index in [1.807, 2.05) is 0 Å². The third kappa shape index (κ3) is 4.17. The van der Waals surface area contributed by atoms with Crippen LogP contribution < -0.4 is 5.43 Å². The van der Waals surface area contributed by atoms with Crippen molar-refractivity contribution in [3.63, 3.8) is 0 Å². The van der Waals surface area contributed by atoms with E-state index < -0.39 is 17.6 Å². The largest absolute Gasteiger partial charge is 0.335 e. The molecule has 0 spiro atoms. The van der Waals surface area contributed by atoms with Gasteiger partial charge in [0.1, 0.15) is 5.82 Å². The van der Waals surface area contributed by atoms with Crippen molar-refractivity contribution in [2.75, 3.05) is 13.1 Å². The van der Waals surface area contributed by atoms with Crippen LogP contribution in [0.4, 0.5) is 4.39 Å². The maximum absolute atomic E-state index is 13.2. The molecule has 0 aliphatic rings. The van der Waals surface area contributed by atoms with E-state index >= 15 is 0 Å². The Labute approximate surface area is 111 Å². The first-order chi connectivity index (χ1) is 9.10. The number of hydrogen-bond acceptors (Lipinski definition) is 3. The highest BCUT2D eigenvalue weighted by Gasteiger charge is 2.18. The molecule has 1 aromatic carbocycles. The maximum atomic E-state index is 13.2. The summed E-state index contributed by atoms with van der Waals surface area (Å²) in [5.74, 6) is -1.94. The van der Waals surface area contributed by atoms with E-state index in [1.165, 1.54) is 17.0 Å². The fourth-order valence-electron chi connectivity index (χ4n) is 1.44. The van der Waals surface area contributed by atoms with Crippen LogP contribution in [0.5, 0.6) is 0 Å². The lowest BCUT2D eigenvalue weighted by Gasteiger charge is -2.16. The zero-order valence-electron chi connectivity index (χ0n) is 10.9. The summed E-state index contributed by atoms with van der Waals surface area (Å²) in [5.41, 5.74) is 2.31. The van der Waals surface area contributed by atoms with E-state index in [9.17, 15) is 14.0 Å². The number of likely N-dealkylation sites (N-methyl/N-ethyl adjacent to an activating group) is 1. The highest BCUT2D eigenvalue weighted by atomic mass is 19.1. The fourth-order valence-corrected chi connectivity index (χ4v) is 1.44. The second kappa shape index (κ2) is 7.25. The quantitative estimate of drug-likeness (QED) is 0.504. The van der Waals surface area contributed by atoms with Crippen LogP contribution >= 0.6 is 0 Å². The average Bonchev–Trinajstić information content (AvgIpc) is 2.42. The first-order valence-electron chi connectivity index (χ1n) is 5.97. The summed E-state index contributed by atoms with van der Waals surface area (Å²) >= 11 is 0. The first-order valence-corrected chi connectivity index (χ1v) is 5.97. The van der Waals surface area contributed by atoms with Gasteiger partial charge in [-0.05, 0) is 19.9 Å². The Morgan fingerprint density at radius 3 is 2.53 bits per heavy atom. The Hall–Kier alpha value is -2.24. The van der Waals surface area contributed by atoms with Crippen molar-refractivity contribution in [1.82, 2.24) is 10.3 Å². The Morgan fingerprint density at radius 1 is 1.32 bits per heavy atom. The number of nitrogens with zero attached hydrogens (tertiary/aromatic N) is 2. The molecule has 19 heavy (non-hydrogen) atoms. The summed E-state index contributed by atoms with van der Waals surface area (Å²) in [4.78, 5) is 24.4. The van der Waals surface area contributed by atoms with Gasteiger partial charge < -0.3 is 4.90 Å². The third-order valence-corrected chi connectivity index (χ3v) is 2.52. The van der Waals surface area contributed by atoms with Gasteiger partial charge in [0.15, 0.2) is 0 Å². The van der Waals surface area contributed by atoms with Gasteiger partial charge in [-0.15, -0.1) is 0 Å². The van der Waals surface area contributed by atoms with Crippen molar-refractivity contribution in [2.24, 2.45) is 5.10 Å². The minimum atomic E-state index is -0.837. The van der Waals surface area contributed by atoms with E-state index in [0.717, 1.165) is 6.21 Å². The van der Waals surface area contributed by atoms with Crippen molar-refractivity contribution in [2.45, 2.75) is 13.8 Å². The van der Waals surface area contributed by atoms with Crippen LogP contribution in [0.1, 0.15) is 19.4 Å². The Bertz CT molecular complexity index is 485. The van der Waals surface area contributed by atoms with Crippen LogP contribution in [0.25, 0.3) is 0 Å². The molecule has 6 heteroatoms. The van der Waals surface area contributed by atoms with Crippen LogP contribution in [-0.4, -0.2) is 36.0 Å². The Kier molecular flexibility index (Phi) is 5.66. The number of nitrogens with one attached hydrogen (secondary N) is 1. The van der Waals surface area contributed by atoms with Crippen LogP contribution in [0.2, 0.25) is 0 Å². The number of hydrazone groups is 1. The minimum Gasteiger partial charge on any atom is -0.335 e. The van der Waals surface area contributed by atoms with Crippen molar-refractivity contribution in [3.05, 3.63) is 35.6 Å². The lowest BCUT2D eigenvalue weighted by atomic mass is 10.2. The molecular formula is C13H16FN3O2. The topological polar surface area (TPSA) is 61.8 Å². The summed E-state index contributed by atoms with van der Waals surface area (Å²) in [6.07, 6.45) is 1.16. The van der Waals surface area contributed by atoms with E-state index in [-0.39, 0.29) is 5.56 Å². The van der Waals surface area contributed by atoms with Crippen molar-refractivity contribution in [1.29, 1.82) is 0 Å². The van der Waals surface area contributed by atoms with Gasteiger partial charge in [0.2, 0.25) is 0 Å². The molecule has 1 N–H and O–H groups in total. The van der Waals surface area contributed by atoms with Crippen LogP contribution in [0.3, 0.4) is 0 Å². The number of hydrogen-bond donors (Lipinski definition) is 1. The SMILES string of the molecule is CCN(CC)C(=O)C(=O)N/N=C\c1ccccc1F. The van der Waals surface area contributed by atoms with Gasteiger partial charge in [-0.2, -0.15) is 5.10 Å². The van der Waals surface area contributed by atoms with Gasteiger partial charge in [-0.25, -0.2) is 9.82 Å². The molecule has 0 aliphatic carbocycles. The lowest BCUT2D eigenvalue weighted by molar-refractivity contribution is -0.145. The number of benzene rings is 1. The average molecular weight is 265 g/mol. The normalized spacial score (nSPS) is 10.5. The van der Waals surface area contributed by atoms with Crippen LogP contribution in [0, 0.1) is 5.82 Å². The molecule has 0 aliphatic heterocycles. The highest BCUT2D eigenvalue weighted by molar-refractivity contribution is 6.34. The number of rotatable bonds is 4. The standard InChI is InChI=1S/C13H16FN3O2/c1-3-17(4-2)13(19)12(18)16-15-9-10-7-5-6-8-11(10)14/h5-9H,3-4H2,1-2H3,(H,16,18)/b15-9-. The molecule has 2 amide bonds. The summed E-state index contributed by atoms with van der Waals surface area (Å²) < 4.78 is 13.2. The lowest BCUT2D eigenvalue weighted by Crippen LogP contribution is -2.41. The van der Waals surface area contributed by atoms with E-state index in [1.54, 1.807) is 26.0 Å². The van der Waals surface area contributed by atoms with Gasteiger partial charge in [0.25, 0.3) is 0 Å². The zero-order valence-corrected chi connectivity index (χ0v) is 10.9. The van der Waals surface area contributed by atoms with Crippen LogP contribution in [-0.2, 0) is 9.59 Å². The summed E-state index contributed by atoms with van der Waals surface area (Å²) in [6, 6.07) is 5.99. The fraction of sp³-hybridized carbons (Fsp3) is 0.308. The summed E-state index contributed by atoms with van der Waals surface area (Å²) in [5, 5.41) is 3.56. The van der Waals surface area contributed by atoms with Gasteiger partial charge >= 0.3 is 11.8 Å². The molecule has 0 bridgehead atoms. The number of halogens is 1. The predicted molar refractivity (Wildman–Crippen MR) is 70.1 cm³/mol. The molecule has 0 heterocycles. The van der Waals surface area contributed by atoms with Crippen molar-refractivity contribution >= 4 is 18.0 Å². The van der Waals surface area contributed by atoms with E-state index in [0.29, 0.717) is 13.1 Å². The molecule has 0 radical (unpaired) electrons. The molecule has 0 aromatic heterocycles. The molecular weight excluding hydrogens is 249 g/mol. The summed E-state index contributed by atoms with van der Waals surface area (Å²) in [7, 11) is 0. The first kappa shape index (κ1) is 14.8. The molecule has 5 nitrogen and oxygen atoms in total. The predicted octanol–water partition coefficient (Wildman–Crippen LogP) is 1.14. The Balaban J connectivity index is 2.60. The molecule has 0 atom stereocenters. The monoisotopic (exact) mass is 265 g/mol. The molecule has 0 fully saturated rings. The molecule has 1 aromatic rings. The van der Waals surface area contributed by atoms with Gasteiger partial charge in [-0.1, -0.05) is 18.2 Å². The highest BCUT2D eigenvalue weighted by Crippen LogP contribution is 2.02. The van der Waals surface area contributed by atoms with Crippen molar-refractivity contribution in [3.8, 4) is 0 Å². The molecule has 1 rings (SSSR count). The number of amides is 2. The van der Waals surface area contributed by atoms with E-state index in [4.69, 9.17) is 0 Å². The minimum absolute atomic E-state index is 0.234. The molecule has 102 valence electrons. The molecule has 0 unspecified atom stereocenters. The van der Waals surface area contributed by atoms with Crippen molar-refractivity contribution < 1.29 is 14.0 Å². The second-order valence-corrected chi connectivity index (χ2v) is 3.70. The number of carbonyl (C=O) groups is 2. The number of carbonyl (C=O) groups excluding carboxylic acids is 2. The maximum Gasteiger partial charge on any atom is 0.329 e. The summed E-state index contributed by atoms with van der Waals surface area (Å²) in [6.45, 7) is 4.44. The van der Waals surface area contributed by atoms with Gasteiger partial charge in [0, 0.05) is 18.7 Å². The van der Waals surface area contributed by atoms with Crippen LogP contribution in [0.15, 0.2) is 29.4 Å². The molecule has 0 saturated carbocycles.